The van der Waals surface area contributed by atoms with Crippen LogP contribution in [0.5, 0.6) is 0 Å². The Labute approximate surface area is 67.0 Å². The van der Waals surface area contributed by atoms with Crippen molar-refractivity contribution in [2.45, 2.75) is 33.1 Å². The Morgan fingerprint density at radius 1 is 1.45 bits per heavy atom. The Kier molecular flexibility index (Phi) is 4.50. The lowest BCUT2D eigenvalue weighted by Crippen LogP contribution is -2.27. The highest BCUT2D eigenvalue weighted by Crippen LogP contribution is 2.03. The molecule has 0 heterocycles. The SMILES string of the molecule is CCCCC(=O)C(C)C(N)=O. The van der Waals surface area contributed by atoms with E-state index in [0.717, 1.165) is 12.8 Å². The van der Waals surface area contributed by atoms with Crippen LogP contribution in [0, 0.1) is 5.92 Å². The molecule has 3 heteroatoms. The summed E-state index contributed by atoms with van der Waals surface area (Å²) in [6.45, 7) is 3.56. The topological polar surface area (TPSA) is 60.2 Å². The van der Waals surface area contributed by atoms with E-state index in [0.29, 0.717) is 6.42 Å². The van der Waals surface area contributed by atoms with Gasteiger partial charge < -0.3 is 5.73 Å². The fourth-order valence-electron chi connectivity index (χ4n) is 0.726. The molecule has 0 fully saturated rings. The number of rotatable bonds is 5. The third kappa shape index (κ3) is 3.75. The molecule has 0 saturated heterocycles. The Morgan fingerprint density at radius 3 is 2.36 bits per heavy atom. The molecule has 0 spiro atoms. The second kappa shape index (κ2) is 4.88. The van der Waals surface area contributed by atoms with Crippen molar-refractivity contribution in [3.05, 3.63) is 0 Å². The summed E-state index contributed by atoms with van der Waals surface area (Å²) >= 11 is 0. The summed E-state index contributed by atoms with van der Waals surface area (Å²) in [6.07, 6.45) is 2.29. The van der Waals surface area contributed by atoms with Gasteiger partial charge >= 0.3 is 0 Å². The molecule has 0 saturated carbocycles. The highest BCUT2D eigenvalue weighted by atomic mass is 16.2. The molecule has 0 rings (SSSR count). The predicted octanol–water partition coefficient (Wildman–Crippen LogP) is 0.867. The molecule has 1 unspecified atom stereocenters. The van der Waals surface area contributed by atoms with Crippen molar-refractivity contribution in [2.24, 2.45) is 11.7 Å². The van der Waals surface area contributed by atoms with Gasteiger partial charge in [-0.15, -0.1) is 0 Å². The lowest BCUT2D eigenvalue weighted by Gasteiger charge is -2.03. The maximum absolute atomic E-state index is 11.0. The maximum Gasteiger partial charge on any atom is 0.227 e. The van der Waals surface area contributed by atoms with Crippen LogP contribution in [0.2, 0.25) is 0 Å². The van der Waals surface area contributed by atoms with E-state index in [9.17, 15) is 9.59 Å². The van der Waals surface area contributed by atoms with E-state index in [4.69, 9.17) is 5.73 Å². The minimum Gasteiger partial charge on any atom is -0.369 e. The molecular weight excluding hydrogens is 142 g/mol. The van der Waals surface area contributed by atoms with Crippen LogP contribution < -0.4 is 5.73 Å². The molecule has 3 nitrogen and oxygen atoms in total. The first-order valence-electron chi connectivity index (χ1n) is 3.91. The van der Waals surface area contributed by atoms with Gasteiger partial charge in [-0.1, -0.05) is 13.3 Å². The summed E-state index contributed by atoms with van der Waals surface area (Å²) in [5.41, 5.74) is 4.95. The van der Waals surface area contributed by atoms with Crippen molar-refractivity contribution >= 4 is 11.7 Å². The number of Topliss-reactive ketones (excluding diaryl/α,β-unsaturated/α-hetero) is 1. The first-order valence-corrected chi connectivity index (χ1v) is 3.91. The van der Waals surface area contributed by atoms with Crippen molar-refractivity contribution in [3.63, 3.8) is 0 Å². The highest BCUT2D eigenvalue weighted by Gasteiger charge is 2.16. The monoisotopic (exact) mass is 157 g/mol. The Morgan fingerprint density at radius 2 is 2.00 bits per heavy atom. The van der Waals surface area contributed by atoms with Gasteiger partial charge in [0.05, 0.1) is 5.92 Å². The Balaban J connectivity index is 3.74. The van der Waals surface area contributed by atoms with Crippen molar-refractivity contribution < 1.29 is 9.59 Å². The van der Waals surface area contributed by atoms with Crippen LogP contribution in [-0.2, 0) is 9.59 Å². The molecule has 0 aliphatic carbocycles. The number of primary amides is 1. The van der Waals surface area contributed by atoms with E-state index in [1.807, 2.05) is 6.92 Å². The van der Waals surface area contributed by atoms with Gasteiger partial charge in [0.1, 0.15) is 5.78 Å². The molecule has 2 N–H and O–H groups in total. The quantitative estimate of drug-likeness (QED) is 0.602. The summed E-state index contributed by atoms with van der Waals surface area (Å²) in [6, 6.07) is 0. The van der Waals surface area contributed by atoms with E-state index < -0.39 is 11.8 Å². The van der Waals surface area contributed by atoms with E-state index in [1.165, 1.54) is 0 Å². The number of hydrogen-bond donors (Lipinski definition) is 1. The van der Waals surface area contributed by atoms with Crippen LogP contribution in [0.4, 0.5) is 0 Å². The van der Waals surface area contributed by atoms with Gasteiger partial charge in [0.2, 0.25) is 5.91 Å². The number of hydrogen-bond acceptors (Lipinski definition) is 2. The van der Waals surface area contributed by atoms with Crippen molar-refractivity contribution in [3.8, 4) is 0 Å². The molecule has 1 amide bonds. The molecular formula is C8H15NO2. The number of amides is 1. The van der Waals surface area contributed by atoms with E-state index in [2.05, 4.69) is 0 Å². The third-order valence-corrected chi connectivity index (χ3v) is 1.69. The summed E-state index contributed by atoms with van der Waals surface area (Å²) in [7, 11) is 0. The van der Waals surface area contributed by atoms with Crippen molar-refractivity contribution in [1.29, 1.82) is 0 Å². The zero-order valence-electron chi connectivity index (χ0n) is 7.09. The summed E-state index contributed by atoms with van der Waals surface area (Å²) < 4.78 is 0. The third-order valence-electron chi connectivity index (χ3n) is 1.69. The second-order valence-electron chi connectivity index (χ2n) is 2.69. The summed E-state index contributed by atoms with van der Waals surface area (Å²) in [5.74, 6) is -1.17. The van der Waals surface area contributed by atoms with Gasteiger partial charge in [-0.3, -0.25) is 9.59 Å². The maximum atomic E-state index is 11.0. The first kappa shape index (κ1) is 10.1. The van der Waals surface area contributed by atoms with Crippen LogP contribution >= 0.6 is 0 Å². The van der Waals surface area contributed by atoms with Crippen LogP contribution in [0.25, 0.3) is 0 Å². The number of nitrogens with two attached hydrogens (primary N) is 1. The molecule has 0 aromatic heterocycles. The number of ketones is 1. The molecule has 11 heavy (non-hydrogen) atoms. The molecule has 0 radical (unpaired) electrons. The molecule has 0 bridgehead atoms. The minimum atomic E-state index is -0.610. The fourth-order valence-corrected chi connectivity index (χ4v) is 0.726. The molecule has 0 aliphatic rings. The average molecular weight is 157 g/mol. The smallest absolute Gasteiger partial charge is 0.227 e. The highest BCUT2D eigenvalue weighted by molar-refractivity contribution is 6.00. The van der Waals surface area contributed by atoms with Gasteiger partial charge in [-0.2, -0.15) is 0 Å². The molecule has 1 atom stereocenters. The molecule has 0 aromatic carbocycles. The largest absolute Gasteiger partial charge is 0.369 e. The van der Waals surface area contributed by atoms with Crippen LogP contribution in [0.3, 0.4) is 0 Å². The van der Waals surface area contributed by atoms with Crippen molar-refractivity contribution in [2.75, 3.05) is 0 Å². The van der Waals surface area contributed by atoms with Gasteiger partial charge in [-0.05, 0) is 13.3 Å². The minimum absolute atomic E-state index is 0.0423. The van der Waals surface area contributed by atoms with E-state index in [-0.39, 0.29) is 5.78 Å². The van der Waals surface area contributed by atoms with Crippen LogP contribution in [0.1, 0.15) is 33.1 Å². The Bertz CT molecular complexity index is 154. The average Bonchev–Trinajstić information content (AvgIpc) is 1.98. The summed E-state index contributed by atoms with van der Waals surface area (Å²) in [4.78, 5) is 21.5. The lowest BCUT2D eigenvalue weighted by molar-refractivity contribution is -0.131. The second-order valence-corrected chi connectivity index (χ2v) is 2.69. The molecule has 64 valence electrons. The van der Waals surface area contributed by atoms with E-state index in [1.54, 1.807) is 6.92 Å². The van der Waals surface area contributed by atoms with Crippen LogP contribution in [0.15, 0.2) is 0 Å². The zero-order chi connectivity index (χ0) is 8.85. The number of unbranched alkanes of at least 4 members (excludes halogenated alkanes) is 1. The number of carbonyl (C=O) groups excluding carboxylic acids is 2. The van der Waals surface area contributed by atoms with Gasteiger partial charge in [-0.25, -0.2) is 0 Å². The lowest BCUT2D eigenvalue weighted by atomic mass is 10.0. The number of carbonyl (C=O) groups is 2. The molecule has 0 aromatic rings. The zero-order valence-corrected chi connectivity index (χ0v) is 7.09. The molecule has 0 aliphatic heterocycles. The Hall–Kier alpha value is -0.860. The van der Waals surface area contributed by atoms with Gasteiger partial charge in [0, 0.05) is 6.42 Å². The van der Waals surface area contributed by atoms with E-state index >= 15 is 0 Å². The standard InChI is InChI=1S/C8H15NO2/c1-3-4-5-7(10)6(2)8(9)11/h6H,3-5H2,1-2H3,(H2,9,11). The first-order chi connectivity index (χ1) is 5.09. The van der Waals surface area contributed by atoms with Crippen LogP contribution in [-0.4, -0.2) is 11.7 Å². The summed E-state index contributed by atoms with van der Waals surface area (Å²) in [5, 5.41) is 0. The van der Waals surface area contributed by atoms with Gasteiger partial charge in [0.15, 0.2) is 0 Å². The van der Waals surface area contributed by atoms with Gasteiger partial charge in [0.25, 0.3) is 0 Å². The fraction of sp³-hybridized carbons (Fsp3) is 0.750. The predicted molar refractivity (Wildman–Crippen MR) is 42.9 cm³/mol. The normalized spacial score (nSPS) is 12.5. The van der Waals surface area contributed by atoms with Crippen molar-refractivity contribution in [1.82, 2.24) is 0 Å².